The number of hydrogen-bond acceptors (Lipinski definition) is 3. The molecule has 0 unspecified atom stereocenters. The zero-order chi connectivity index (χ0) is 20.6. The summed E-state index contributed by atoms with van der Waals surface area (Å²) in [5.41, 5.74) is 4.91. The van der Waals surface area contributed by atoms with Gasteiger partial charge >= 0.3 is 0 Å². The van der Waals surface area contributed by atoms with Gasteiger partial charge in [-0.1, -0.05) is 35.9 Å². The lowest BCUT2D eigenvalue weighted by molar-refractivity contribution is -0.127. The topological polar surface area (TPSA) is 36.4 Å². The van der Waals surface area contributed by atoms with Crippen molar-refractivity contribution in [3.05, 3.63) is 77.1 Å². The van der Waals surface area contributed by atoms with E-state index in [0.29, 0.717) is 12.5 Å². The van der Waals surface area contributed by atoms with Gasteiger partial charge in [-0.2, -0.15) is 0 Å². The lowest BCUT2D eigenvalue weighted by Crippen LogP contribution is -2.40. The Labute approximate surface area is 175 Å². The Hall–Kier alpha value is -2.46. The third-order valence-corrected chi connectivity index (χ3v) is 5.66. The van der Waals surface area contributed by atoms with Crippen LogP contribution >= 0.6 is 0 Å². The van der Waals surface area contributed by atoms with E-state index in [1.54, 1.807) is 12.3 Å². The van der Waals surface area contributed by atoms with Crippen LogP contribution in [0.1, 0.15) is 43.4 Å². The van der Waals surface area contributed by atoms with Crippen LogP contribution in [0.4, 0.5) is 0 Å². The molecule has 2 aromatic rings. The minimum absolute atomic E-state index is 0.108. The lowest BCUT2D eigenvalue weighted by Gasteiger charge is -2.35. The van der Waals surface area contributed by atoms with E-state index in [-0.39, 0.29) is 5.91 Å². The summed E-state index contributed by atoms with van der Waals surface area (Å²) in [6, 6.07) is 12.6. The lowest BCUT2D eigenvalue weighted by atomic mass is 9.95. The van der Waals surface area contributed by atoms with Crippen LogP contribution in [-0.2, 0) is 17.9 Å². The van der Waals surface area contributed by atoms with Crippen LogP contribution in [0.3, 0.4) is 0 Å². The van der Waals surface area contributed by atoms with Crippen molar-refractivity contribution in [2.75, 3.05) is 19.6 Å². The predicted molar refractivity (Wildman–Crippen MR) is 118 cm³/mol. The van der Waals surface area contributed by atoms with Crippen LogP contribution in [0.2, 0.25) is 0 Å². The first-order chi connectivity index (χ1) is 14.0. The number of hydrogen-bond donors (Lipinski definition) is 0. The molecule has 0 atom stereocenters. The van der Waals surface area contributed by atoms with Crippen molar-refractivity contribution in [2.24, 2.45) is 5.92 Å². The molecule has 0 aliphatic carbocycles. The van der Waals surface area contributed by atoms with Crippen LogP contribution in [0.25, 0.3) is 0 Å². The largest absolute Gasteiger partial charge is 0.334 e. The molecule has 2 heterocycles. The summed E-state index contributed by atoms with van der Waals surface area (Å²) < 4.78 is 0. The average molecular weight is 392 g/mol. The van der Waals surface area contributed by atoms with E-state index in [9.17, 15) is 4.79 Å². The molecule has 4 nitrogen and oxygen atoms in total. The second-order valence-corrected chi connectivity index (χ2v) is 8.45. The van der Waals surface area contributed by atoms with Crippen molar-refractivity contribution in [3.8, 4) is 0 Å². The molecule has 0 radical (unpaired) electrons. The second-order valence-electron chi connectivity index (χ2n) is 8.45. The van der Waals surface area contributed by atoms with Crippen molar-refractivity contribution in [3.63, 3.8) is 0 Å². The van der Waals surface area contributed by atoms with Gasteiger partial charge in [-0.05, 0) is 75.4 Å². The van der Waals surface area contributed by atoms with Crippen molar-refractivity contribution >= 4 is 5.91 Å². The number of benzene rings is 1. The number of likely N-dealkylation sites (tertiary alicyclic amines) is 1. The average Bonchev–Trinajstić information content (AvgIpc) is 2.71. The van der Waals surface area contributed by atoms with Gasteiger partial charge in [-0.3, -0.25) is 14.7 Å². The number of pyridine rings is 1. The van der Waals surface area contributed by atoms with Gasteiger partial charge in [-0.15, -0.1) is 0 Å². The minimum Gasteiger partial charge on any atom is -0.334 e. The monoisotopic (exact) mass is 391 g/mol. The Morgan fingerprint density at radius 2 is 1.93 bits per heavy atom. The first-order valence-electron chi connectivity index (χ1n) is 10.6. The molecule has 1 aliphatic rings. The molecule has 0 N–H and O–H groups in total. The summed E-state index contributed by atoms with van der Waals surface area (Å²) in [5.74, 6) is 0.658. The van der Waals surface area contributed by atoms with Crippen LogP contribution in [0.5, 0.6) is 0 Å². The molecule has 3 rings (SSSR count). The van der Waals surface area contributed by atoms with E-state index in [1.807, 2.05) is 37.1 Å². The number of allylic oxidation sites excluding steroid dienone is 1. The maximum absolute atomic E-state index is 12.8. The maximum atomic E-state index is 12.8. The van der Waals surface area contributed by atoms with Gasteiger partial charge < -0.3 is 4.90 Å². The third-order valence-electron chi connectivity index (χ3n) is 5.66. The smallest absolute Gasteiger partial charge is 0.246 e. The number of carbonyl (C=O) groups is 1. The van der Waals surface area contributed by atoms with Crippen LogP contribution in [-0.4, -0.2) is 40.3 Å². The third kappa shape index (κ3) is 6.53. The molecule has 1 aromatic carbocycles. The van der Waals surface area contributed by atoms with E-state index in [2.05, 4.69) is 41.1 Å². The molecule has 154 valence electrons. The Morgan fingerprint density at radius 3 is 2.59 bits per heavy atom. The maximum Gasteiger partial charge on any atom is 0.246 e. The van der Waals surface area contributed by atoms with Gasteiger partial charge in [-0.25, -0.2) is 0 Å². The Balaban J connectivity index is 1.58. The van der Waals surface area contributed by atoms with Crippen LogP contribution in [0.15, 0.2) is 60.4 Å². The van der Waals surface area contributed by atoms with E-state index in [1.165, 1.54) is 11.1 Å². The number of aryl methyl sites for hydroxylation is 1. The number of rotatable bonds is 7. The van der Waals surface area contributed by atoms with E-state index < -0.39 is 0 Å². The number of carbonyl (C=O) groups excluding carboxylic acids is 1. The van der Waals surface area contributed by atoms with E-state index in [4.69, 9.17) is 0 Å². The fourth-order valence-corrected chi connectivity index (χ4v) is 3.95. The zero-order valence-electron chi connectivity index (χ0n) is 18.0. The van der Waals surface area contributed by atoms with Crippen molar-refractivity contribution in [1.82, 2.24) is 14.8 Å². The number of aromatic nitrogens is 1. The van der Waals surface area contributed by atoms with Gasteiger partial charge in [0.1, 0.15) is 0 Å². The number of nitrogens with zero attached hydrogens (tertiary/aromatic N) is 3. The molecule has 1 fully saturated rings. The van der Waals surface area contributed by atoms with Crippen molar-refractivity contribution in [1.29, 1.82) is 0 Å². The Bertz CT molecular complexity index is 819. The summed E-state index contributed by atoms with van der Waals surface area (Å²) >= 11 is 0. The molecule has 1 amide bonds. The summed E-state index contributed by atoms with van der Waals surface area (Å²) in [6.07, 6.45) is 7.66. The minimum atomic E-state index is 0.108. The quantitative estimate of drug-likeness (QED) is 0.648. The summed E-state index contributed by atoms with van der Waals surface area (Å²) in [5, 5.41) is 0. The molecule has 29 heavy (non-hydrogen) atoms. The molecule has 1 aliphatic heterocycles. The van der Waals surface area contributed by atoms with Crippen LogP contribution in [0, 0.1) is 12.8 Å². The highest BCUT2D eigenvalue weighted by Gasteiger charge is 2.23. The summed E-state index contributed by atoms with van der Waals surface area (Å²) in [6.45, 7) is 10.8. The van der Waals surface area contributed by atoms with Gasteiger partial charge in [0, 0.05) is 38.1 Å². The molecule has 0 spiro atoms. The fourth-order valence-electron chi connectivity index (χ4n) is 3.95. The van der Waals surface area contributed by atoms with Crippen molar-refractivity contribution < 1.29 is 4.79 Å². The second kappa shape index (κ2) is 10.4. The molecule has 0 bridgehead atoms. The van der Waals surface area contributed by atoms with Gasteiger partial charge in [0.25, 0.3) is 0 Å². The van der Waals surface area contributed by atoms with Crippen LogP contribution < -0.4 is 0 Å². The van der Waals surface area contributed by atoms with E-state index in [0.717, 1.165) is 50.2 Å². The van der Waals surface area contributed by atoms with Gasteiger partial charge in [0.05, 0.1) is 0 Å². The first kappa shape index (κ1) is 21.3. The van der Waals surface area contributed by atoms with E-state index >= 15 is 0 Å². The predicted octanol–water partition coefficient (Wildman–Crippen LogP) is 4.60. The molecule has 4 heteroatoms. The number of amides is 1. The molecular weight excluding hydrogens is 358 g/mol. The number of piperidine rings is 1. The SMILES string of the molecule is CC(C)=CC(=O)N(Cc1cccnc1)CC1CCN(Cc2ccccc2C)CC1. The first-order valence-corrected chi connectivity index (χ1v) is 10.6. The molecule has 1 aromatic heterocycles. The molecule has 0 saturated carbocycles. The molecular formula is C25H33N3O. The van der Waals surface area contributed by atoms with Gasteiger partial charge in [0.15, 0.2) is 0 Å². The molecule has 1 saturated heterocycles. The van der Waals surface area contributed by atoms with Crippen molar-refractivity contribution in [2.45, 2.75) is 46.7 Å². The summed E-state index contributed by atoms with van der Waals surface area (Å²) in [4.78, 5) is 21.5. The summed E-state index contributed by atoms with van der Waals surface area (Å²) in [7, 11) is 0. The Morgan fingerprint density at radius 1 is 1.17 bits per heavy atom. The highest BCUT2D eigenvalue weighted by Crippen LogP contribution is 2.22. The Kier molecular flexibility index (Phi) is 7.59. The highest BCUT2D eigenvalue weighted by molar-refractivity contribution is 5.88. The fraction of sp³-hybridized carbons (Fsp3) is 0.440. The standard InChI is InChI=1S/C25H33N3O/c1-20(2)15-25(29)28(18-23-8-6-12-26-16-23)17-22-10-13-27(14-11-22)19-24-9-5-4-7-21(24)3/h4-9,12,15-16,22H,10-11,13-14,17-19H2,1-3H3. The van der Waals surface area contributed by atoms with Gasteiger partial charge in [0.2, 0.25) is 5.91 Å². The normalized spacial score (nSPS) is 15.1. The zero-order valence-corrected chi connectivity index (χ0v) is 18.0. The highest BCUT2D eigenvalue weighted by atomic mass is 16.2.